The molecular weight excluding hydrogens is 328 g/mol. The molecule has 126 valence electrons. The lowest BCUT2D eigenvalue weighted by Gasteiger charge is -2.25. The number of rotatable bonds is 3. The lowest BCUT2D eigenvalue weighted by molar-refractivity contribution is 0.0696. The minimum absolute atomic E-state index is 0.104. The fourth-order valence-corrected chi connectivity index (χ4v) is 3.26. The van der Waals surface area contributed by atoms with Crippen LogP contribution in [0.1, 0.15) is 22.3 Å². The Balaban J connectivity index is 1.76. The fourth-order valence-electron chi connectivity index (χ4n) is 2.97. The number of anilines is 2. The van der Waals surface area contributed by atoms with Crippen LogP contribution in [0.15, 0.2) is 30.7 Å². The molecule has 1 saturated heterocycles. The van der Waals surface area contributed by atoms with E-state index >= 15 is 0 Å². The number of carbonyl (C=O) groups is 1. The number of aryl methyl sites for hydroxylation is 1. The number of aromatic carboxylic acids is 1. The van der Waals surface area contributed by atoms with Crippen LogP contribution in [0.4, 0.5) is 11.5 Å². The number of halogens is 1. The van der Waals surface area contributed by atoms with Crippen LogP contribution in [0.25, 0.3) is 0 Å². The van der Waals surface area contributed by atoms with Crippen molar-refractivity contribution in [2.75, 3.05) is 36.0 Å². The largest absolute Gasteiger partial charge is 0.478 e. The summed E-state index contributed by atoms with van der Waals surface area (Å²) in [7, 11) is 0. The van der Waals surface area contributed by atoms with Crippen molar-refractivity contribution in [1.82, 2.24) is 9.97 Å². The summed E-state index contributed by atoms with van der Waals surface area (Å²) in [6.45, 7) is 5.48. The van der Waals surface area contributed by atoms with Crippen LogP contribution in [-0.4, -0.2) is 47.2 Å². The van der Waals surface area contributed by atoms with Gasteiger partial charge in [0.1, 0.15) is 5.82 Å². The van der Waals surface area contributed by atoms with E-state index in [-0.39, 0.29) is 5.56 Å². The smallest absolute Gasteiger partial charge is 0.337 e. The third-order valence-electron chi connectivity index (χ3n) is 4.20. The van der Waals surface area contributed by atoms with Crippen molar-refractivity contribution in [2.45, 2.75) is 13.3 Å². The summed E-state index contributed by atoms with van der Waals surface area (Å²) in [5, 5.41) is 9.40. The topological polar surface area (TPSA) is 69.6 Å². The molecule has 2 aromatic rings. The molecule has 1 fully saturated rings. The van der Waals surface area contributed by atoms with Gasteiger partial charge >= 0.3 is 5.97 Å². The van der Waals surface area contributed by atoms with Crippen LogP contribution in [0.3, 0.4) is 0 Å². The van der Waals surface area contributed by atoms with Gasteiger partial charge in [-0.3, -0.25) is 4.98 Å². The van der Waals surface area contributed by atoms with Gasteiger partial charge in [-0.1, -0.05) is 11.6 Å². The van der Waals surface area contributed by atoms with Gasteiger partial charge in [0.2, 0.25) is 0 Å². The zero-order chi connectivity index (χ0) is 17.1. The van der Waals surface area contributed by atoms with Crippen molar-refractivity contribution in [2.24, 2.45) is 0 Å². The van der Waals surface area contributed by atoms with Crippen molar-refractivity contribution in [1.29, 1.82) is 0 Å². The van der Waals surface area contributed by atoms with E-state index in [0.29, 0.717) is 10.8 Å². The molecular formula is C17H19ClN4O2. The molecule has 0 aliphatic carbocycles. The van der Waals surface area contributed by atoms with E-state index in [4.69, 9.17) is 16.7 Å². The van der Waals surface area contributed by atoms with Gasteiger partial charge in [-0.25, -0.2) is 9.78 Å². The van der Waals surface area contributed by atoms with E-state index < -0.39 is 5.97 Å². The lowest BCUT2D eigenvalue weighted by atomic mass is 10.2. The number of pyridine rings is 2. The Kier molecular flexibility index (Phi) is 4.85. The molecule has 3 heterocycles. The number of hydrogen-bond acceptors (Lipinski definition) is 5. The lowest BCUT2D eigenvalue weighted by Crippen LogP contribution is -2.31. The quantitative estimate of drug-likeness (QED) is 0.921. The first-order chi connectivity index (χ1) is 11.6. The molecule has 1 aliphatic heterocycles. The van der Waals surface area contributed by atoms with E-state index in [0.717, 1.165) is 38.2 Å². The SMILES string of the molecule is Cc1cnccc1N1CCCN(c2ncc(C(=O)O)cc2Cl)CC1. The molecule has 24 heavy (non-hydrogen) atoms. The average molecular weight is 347 g/mol. The van der Waals surface area contributed by atoms with Crippen molar-refractivity contribution >= 4 is 29.1 Å². The molecule has 0 atom stereocenters. The van der Waals surface area contributed by atoms with Gasteiger partial charge in [0.05, 0.1) is 10.6 Å². The van der Waals surface area contributed by atoms with Crippen molar-refractivity contribution in [3.8, 4) is 0 Å². The number of carboxylic acids is 1. The molecule has 0 radical (unpaired) electrons. The number of aromatic nitrogens is 2. The van der Waals surface area contributed by atoms with E-state index in [1.807, 2.05) is 18.5 Å². The minimum Gasteiger partial charge on any atom is -0.478 e. The summed E-state index contributed by atoms with van der Waals surface area (Å²) in [4.78, 5) is 23.9. The van der Waals surface area contributed by atoms with Crippen molar-refractivity contribution in [3.63, 3.8) is 0 Å². The molecule has 7 heteroatoms. The molecule has 2 aromatic heterocycles. The zero-order valence-electron chi connectivity index (χ0n) is 13.4. The number of carboxylic acid groups (broad SMARTS) is 1. The highest BCUT2D eigenvalue weighted by molar-refractivity contribution is 6.33. The van der Waals surface area contributed by atoms with E-state index in [2.05, 4.69) is 26.7 Å². The first-order valence-corrected chi connectivity index (χ1v) is 8.23. The van der Waals surface area contributed by atoms with Gasteiger partial charge in [-0.15, -0.1) is 0 Å². The maximum atomic E-state index is 11.0. The van der Waals surface area contributed by atoms with Crippen LogP contribution < -0.4 is 9.80 Å². The molecule has 0 aromatic carbocycles. The first kappa shape index (κ1) is 16.5. The molecule has 0 amide bonds. The first-order valence-electron chi connectivity index (χ1n) is 7.85. The van der Waals surface area contributed by atoms with Crippen molar-refractivity contribution in [3.05, 3.63) is 46.9 Å². The Bertz CT molecular complexity index is 753. The summed E-state index contributed by atoms with van der Waals surface area (Å²) in [6.07, 6.45) is 6.02. The van der Waals surface area contributed by atoms with Gasteiger partial charge < -0.3 is 14.9 Å². The van der Waals surface area contributed by atoms with Gasteiger partial charge in [-0.2, -0.15) is 0 Å². The summed E-state index contributed by atoms with van der Waals surface area (Å²) in [5.41, 5.74) is 2.47. The molecule has 1 N–H and O–H groups in total. The highest BCUT2D eigenvalue weighted by Crippen LogP contribution is 2.26. The number of nitrogens with zero attached hydrogens (tertiary/aromatic N) is 4. The molecule has 6 nitrogen and oxygen atoms in total. The normalized spacial score (nSPS) is 15.2. The molecule has 1 aliphatic rings. The standard InChI is InChI=1S/C17H19ClN4O2/c1-12-10-19-4-3-15(12)21-5-2-6-22(8-7-21)16-14(18)9-13(11-20-16)17(23)24/h3-4,9-11H,2,5-8H2,1H3,(H,23,24). The predicted molar refractivity (Wildman–Crippen MR) is 94.2 cm³/mol. The summed E-state index contributed by atoms with van der Waals surface area (Å²) in [5.74, 6) is -0.374. The van der Waals surface area contributed by atoms with Gasteiger partial charge in [0.15, 0.2) is 0 Å². The van der Waals surface area contributed by atoms with Crippen molar-refractivity contribution < 1.29 is 9.90 Å². The maximum absolute atomic E-state index is 11.0. The summed E-state index contributed by atoms with van der Waals surface area (Å²) < 4.78 is 0. The summed E-state index contributed by atoms with van der Waals surface area (Å²) >= 11 is 6.25. The minimum atomic E-state index is -1.02. The average Bonchev–Trinajstić information content (AvgIpc) is 2.81. The molecule has 0 bridgehead atoms. The highest BCUT2D eigenvalue weighted by Gasteiger charge is 2.20. The Morgan fingerprint density at radius 1 is 1.21 bits per heavy atom. The van der Waals surface area contributed by atoms with E-state index in [1.165, 1.54) is 18.0 Å². The Morgan fingerprint density at radius 2 is 1.96 bits per heavy atom. The van der Waals surface area contributed by atoms with Gasteiger partial charge in [0, 0.05) is 50.5 Å². The molecule has 0 saturated carbocycles. The van der Waals surface area contributed by atoms with Gasteiger partial charge in [0.25, 0.3) is 0 Å². The fraction of sp³-hybridized carbons (Fsp3) is 0.353. The van der Waals surface area contributed by atoms with Crippen LogP contribution in [-0.2, 0) is 0 Å². The Hall–Kier alpha value is -2.34. The summed E-state index contributed by atoms with van der Waals surface area (Å²) in [6, 6.07) is 3.50. The second kappa shape index (κ2) is 7.05. The molecule has 0 unspecified atom stereocenters. The van der Waals surface area contributed by atoms with Crippen LogP contribution in [0, 0.1) is 6.92 Å². The molecule has 0 spiro atoms. The highest BCUT2D eigenvalue weighted by atomic mass is 35.5. The third kappa shape index (κ3) is 3.43. The van der Waals surface area contributed by atoms with E-state index in [1.54, 1.807) is 0 Å². The monoisotopic (exact) mass is 346 g/mol. The van der Waals surface area contributed by atoms with E-state index in [9.17, 15) is 4.79 Å². The van der Waals surface area contributed by atoms with Crippen LogP contribution >= 0.6 is 11.6 Å². The van der Waals surface area contributed by atoms with Crippen LogP contribution in [0.2, 0.25) is 5.02 Å². The Labute approximate surface area is 145 Å². The molecule has 3 rings (SSSR count). The maximum Gasteiger partial charge on any atom is 0.337 e. The second-order valence-electron chi connectivity index (χ2n) is 5.82. The van der Waals surface area contributed by atoms with Crippen LogP contribution in [0.5, 0.6) is 0 Å². The second-order valence-corrected chi connectivity index (χ2v) is 6.23. The number of hydrogen-bond donors (Lipinski definition) is 1. The zero-order valence-corrected chi connectivity index (χ0v) is 14.2. The third-order valence-corrected chi connectivity index (χ3v) is 4.47. The Morgan fingerprint density at radius 3 is 2.67 bits per heavy atom. The predicted octanol–water partition coefficient (Wildman–Crippen LogP) is 2.85. The van der Waals surface area contributed by atoms with Gasteiger partial charge in [-0.05, 0) is 31.0 Å².